The van der Waals surface area contributed by atoms with Crippen LogP contribution in [0.2, 0.25) is 0 Å². The van der Waals surface area contributed by atoms with Gasteiger partial charge in [0, 0.05) is 16.5 Å². The zero-order valence-corrected chi connectivity index (χ0v) is 19.4. The van der Waals surface area contributed by atoms with E-state index in [1.807, 2.05) is 30.3 Å². The van der Waals surface area contributed by atoms with Crippen molar-refractivity contribution in [1.29, 1.82) is 0 Å². The molecule has 34 heavy (non-hydrogen) atoms. The highest BCUT2D eigenvalue weighted by Gasteiger charge is 2.15. The van der Waals surface area contributed by atoms with E-state index in [0.29, 0.717) is 19.0 Å². The molecule has 4 rings (SSSR count). The minimum absolute atomic E-state index is 0.00134. The summed E-state index contributed by atoms with van der Waals surface area (Å²) < 4.78 is 11.9. The van der Waals surface area contributed by atoms with Crippen LogP contribution in [0.3, 0.4) is 0 Å². The maximum atomic E-state index is 10.9. The number of H-pyrrole nitrogens is 1. The average Bonchev–Trinajstić information content (AvgIpc) is 3.27. The number of aliphatic carboxylic acids is 1. The number of nitrogens with one attached hydrogen (secondary N) is 1. The van der Waals surface area contributed by atoms with Crippen LogP contribution < -0.4 is 9.47 Å². The molecule has 0 saturated heterocycles. The summed E-state index contributed by atoms with van der Waals surface area (Å²) >= 11 is 0. The number of carboxylic acid groups (broad SMARTS) is 1. The molecule has 0 saturated carbocycles. The van der Waals surface area contributed by atoms with Gasteiger partial charge in [-0.05, 0) is 49.1 Å². The molecule has 2 N–H and O–H groups in total. The van der Waals surface area contributed by atoms with Gasteiger partial charge in [0.05, 0.1) is 30.8 Å². The van der Waals surface area contributed by atoms with Crippen LogP contribution in [-0.2, 0) is 17.6 Å². The van der Waals surface area contributed by atoms with Crippen molar-refractivity contribution in [3.63, 3.8) is 0 Å². The molecule has 0 unspecified atom stereocenters. The van der Waals surface area contributed by atoms with Gasteiger partial charge >= 0.3 is 5.97 Å². The van der Waals surface area contributed by atoms with Crippen LogP contribution in [0.1, 0.15) is 37.3 Å². The normalized spacial score (nSPS) is 11.0. The molecular weight excluding hydrogens is 428 g/mol. The lowest BCUT2D eigenvalue weighted by molar-refractivity contribution is -0.136. The SMILES string of the molecule is CCCc1c(OCCCCOc2cccc(CC(=O)O)c2)ccc2c(-c3ccccc3)n[nH]c12. The summed E-state index contributed by atoms with van der Waals surface area (Å²) in [4.78, 5) is 10.9. The van der Waals surface area contributed by atoms with E-state index in [9.17, 15) is 4.79 Å². The van der Waals surface area contributed by atoms with E-state index in [2.05, 4.69) is 41.4 Å². The van der Waals surface area contributed by atoms with Gasteiger partial charge in [0.1, 0.15) is 11.5 Å². The largest absolute Gasteiger partial charge is 0.494 e. The molecule has 6 heteroatoms. The number of aromatic nitrogens is 2. The second-order valence-corrected chi connectivity index (χ2v) is 8.28. The number of fused-ring (bicyclic) bond motifs is 1. The Morgan fingerprint density at radius 1 is 0.971 bits per heavy atom. The third kappa shape index (κ3) is 5.76. The van der Waals surface area contributed by atoms with Crippen molar-refractivity contribution in [2.75, 3.05) is 13.2 Å². The first-order chi connectivity index (χ1) is 16.7. The number of carboxylic acids is 1. The fourth-order valence-electron chi connectivity index (χ4n) is 4.07. The standard InChI is InChI=1S/C28H30N2O4/c1-2-9-23-25(15-14-24-27(29-30-28(23)24)21-11-4-3-5-12-21)34-17-7-6-16-33-22-13-8-10-20(18-22)19-26(31)32/h3-5,8,10-15,18H,2,6-7,9,16-17,19H2,1H3,(H,29,30)(H,31,32). The van der Waals surface area contributed by atoms with E-state index in [0.717, 1.165) is 59.2 Å². The van der Waals surface area contributed by atoms with Crippen LogP contribution in [0.4, 0.5) is 0 Å². The quantitative estimate of drug-likeness (QED) is 0.253. The summed E-state index contributed by atoms with van der Waals surface area (Å²) in [6.45, 7) is 3.33. The van der Waals surface area contributed by atoms with Crippen LogP contribution in [0.15, 0.2) is 66.7 Å². The lowest BCUT2D eigenvalue weighted by Crippen LogP contribution is -2.05. The van der Waals surface area contributed by atoms with Gasteiger partial charge in [-0.3, -0.25) is 9.89 Å². The summed E-state index contributed by atoms with van der Waals surface area (Å²) in [7, 11) is 0. The van der Waals surface area contributed by atoms with Crippen molar-refractivity contribution >= 4 is 16.9 Å². The highest BCUT2D eigenvalue weighted by atomic mass is 16.5. The third-order valence-electron chi connectivity index (χ3n) is 5.67. The van der Waals surface area contributed by atoms with E-state index in [-0.39, 0.29) is 6.42 Å². The summed E-state index contributed by atoms with van der Waals surface area (Å²) in [6, 6.07) is 21.6. The zero-order valence-electron chi connectivity index (χ0n) is 19.4. The minimum Gasteiger partial charge on any atom is -0.494 e. The number of aromatic amines is 1. The van der Waals surface area contributed by atoms with Gasteiger partial charge in [0.2, 0.25) is 0 Å². The summed E-state index contributed by atoms with van der Waals surface area (Å²) in [5, 5.41) is 17.9. The maximum absolute atomic E-state index is 10.9. The molecule has 3 aromatic carbocycles. The number of ether oxygens (including phenoxy) is 2. The molecule has 0 radical (unpaired) electrons. The topological polar surface area (TPSA) is 84.4 Å². The van der Waals surface area contributed by atoms with Crippen LogP contribution in [0.25, 0.3) is 22.2 Å². The van der Waals surface area contributed by atoms with Gasteiger partial charge in [-0.15, -0.1) is 0 Å². The first-order valence-electron chi connectivity index (χ1n) is 11.8. The molecule has 4 aromatic rings. The zero-order chi connectivity index (χ0) is 23.8. The highest BCUT2D eigenvalue weighted by Crippen LogP contribution is 2.33. The van der Waals surface area contributed by atoms with E-state index in [1.165, 1.54) is 5.56 Å². The van der Waals surface area contributed by atoms with Crippen molar-refractivity contribution in [3.8, 4) is 22.8 Å². The Bertz CT molecular complexity index is 1230. The van der Waals surface area contributed by atoms with Gasteiger partial charge in [-0.25, -0.2) is 0 Å². The number of aryl methyl sites for hydroxylation is 1. The molecule has 176 valence electrons. The molecule has 6 nitrogen and oxygen atoms in total. The van der Waals surface area contributed by atoms with Gasteiger partial charge in [-0.2, -0.15) is 5.10 Å². The minimum atomic E-state index is -0.846. The van der Waals surface area contributed by atoms with Crippen molar-refractivity contribution in [1.82, 2.24) is 10.2 Å². The van der Waals surface area contributed by atoms with Crippen LogP contribution >= 0.6 is 0 Å². The first-order valence-corrected chi connectivity index (χ1v) is 11.8. The first kappa shape index (κ1) is 23.4. The third-order valence-corrected chi connectivity index (χ3v) is 5.67. The van der Waals surface area contributed by atoms with Crippen molar-refractivity contribution in [2.24, 2.45) is 0 Å². The number of benzene rings is 3. The van der Waals surface area contributed by atoms with Gasteiger partial charge in [0.15, 0.2) is 0 Å². The van der Waals surface area contributed by atoms with Gasteiger partial charge < -0.3 is 14.6 Å². The molecule has 1 heterocycles. The number of hydrogen-bond acceptors (Lipinski definition) is 4. The number of nitrogens with zero attached hydrogens (tertiary/aromatic N) is 1. The molecule has 0 spiro atoms. The Kier molecular flexibility index (Phi) is 7.81. The van der Waals surface area contributed by atoms with Crippen molar-refractivity contribution < 1.29 is 19.4 Å². The lowest BCUT2D eigenvalue weighted by atomic mass is 10.0. The molecule has 0 aliphatic rings. The maximum Gasteiger partial charge on any atom is 0.307 e. The molecular formula is C28H30N2O4. The number of carbonyl (C=O) groups is 1. The fraction of sp³-hybridized carbons (Fsp3) is 0.286. The highest BCUT2D eigenvalue weighted by molar-refractivity contribution is 5.95. The Morgan fingerprint density at radius 2 is 1.76 bits per heavy atom. The van der Waals surface area contributed by atoms with Crippen molar-refractivity contribution in [2.45, 2.75) is 39.0 Å². The molecule has 0 bridgehead atoms. The molecule has 0 aliphatic carbocycles. The number of rotatable bonds is 12. The predicted octanol–water partition coefficient (Wildman–Crippen LogP) is 6.05. The second-order valence-electron chi connectivity index (χ2n) is 8.28. The second kappa shape index (κ2) is 11.4. The van der Waals surface area contributed by atoms with E-state index in [4.69, 9.17) is 14.6 Å². The Hall–Kier alpha value is -3.80. The molecule has 0 amide bonds. The Morgan fingerprint density at radius 3 is 2.53 bits per heavy atom. The summed E-state index contributed by atoms with van der Waals surface area (Å²) in [5.41, 5.74) is 5.01. The van der Waals surface area contributed by atoms with E-state index < -0.39 is 5.97 Å². The molecule has 1 aromatic heterocycles. The van der Waals surface area contributed by atoms with Gasteiger partial charge in [0.25, 0.3) is 0 Å². The van der Waals surface area contributed by atoms with Gasteiger partial charge in [-0.1, -0.05) is 55.8 Å². The molecule has 0 atom stereocenters. The monoisotopic (exact) mass is 458 g/mol. The fourth-order valence-corrected chi connectivity index (χ4v) is 4.07. The van der Waals surface area contributed by atoms with Crippen molar-refractivity contribution in [3.05, 3.63) is 77.9 Å². The van der Waals surface area contributed by atoms with Crippen LogP contribution in [0.5, 0.6) is 11.5 Å². The van der Waals surface area contributed by atoms with E-state index >= 15 is 0 Å². The summed E-state index contributed by atoms with van der Waals surface area (Å²) in [6.07, 6.45) is 3.63. The average molecular weight is 459 g/mol. The predicted molar refractivity (Wildman–Crippen MR) is 134 cm³/mol. The smallest absolute Gasteiger partial charge is 0.307 e. The van der Waals surface area contributed by atoms with Crippen LogP contribution in [-0.4, -0.2) is 34.5 Å². The lowest BCUT2D eigenvalue weighted by Gasteiger charge is -2.13. The number of unbranched alkanes of at least 4 members (excludes halogenated alkanes) is 1. The molecule has 0 fully saturated rings. The Balaban J connectivity index is 1.33. The number of hydrogen-bond donors (Lipinski definition) is 2. The molecule has 0 aliphatic heterocycles. The Labute approximate surface area is 199 Å². The van der Waals surface area contributed by atoms with Crippen LogP contribution in [0, 0.1) is 0 Å². The summed E-state index contributed by atoms with van der Waals surface area (Å²) in [5.74, 6) is 0.755. The van der Waals surface area contributed by atoms with E-state index in [1.54, 1.807) is 12.1 Å².